The van der Waals surface area contributed by atoms with E-state index in [4.69, 9.17) is 4.42 Å². The van der Waals surface area contributed by atoms with Crippen molar-refractivity contribution in [2.24, 2.45) is 0 Å². The van der Waals surface area contributed by atoms with Crippen LogP contribution < -0.4 is 5.32 Å². The van der Waals surface area contributed by atoms with Gasteiger partial charge in [0, 0.05) is 11.8 Å². The van der Waals surface area contributed by atoms with Crippen molar-refractivity contribution in [2.75, 3.05) is 25.0 Å². The van der Waals surface area contributed by atoms with Crippen LogP contribution in [0.25, 0.3) is 0 Å². The van der Waals surface area contributed by atoms with Crippen LogP contribution in [0, 0.1) is 0 Å². The lowest BCUT2D eigenvalue weighted by Gasteiger charge is -2.29. The minimum absolute atomic E-state index is 0.0417. The molecule has 9 heteroatoms. The third kappa shape index (κ3) is 4.89. The highest BCUT2D eigenvalue weighted by atomic mass is 19.4. The van der Waals surface area contributed by atoms with Gasteiger partial charge in [0.05, 0.1) is 17.8 Å². The summed E-state index contributed by atoms with van der Waals surface area (Å²) in [5.74, 6) is 1.08. The summed E-state index contributed by atoms with van der Waals surface area (Å²) in [6.45, 7) is 5.28. The first-order valence-corrected chi connectivity index (χ1v) is 9.25. The highest BCUT2D eigenvalue weighted by molar-refractivity contribution is 5.93. The monoisotopic (exact) mass is 396 g/mol. The van der Waals surface area contributed by atoms with Crippen molar-refractivity contribution < 1.29 is 22.4 Å². The number of carbonyl (C=O) groups is 1. The van der Waals surface area contributed by atoms with Gasteiger partial charge in [0.2, 0.25) is 17.7 Å². The number of halogens is 3. The second kappa shape index (κ2) is 8.30. The topological polar surface area (TPSA) is 71.3 Å². The van der Waals surface area contributed by atoms with Crippen LogP contribution >= 0.6 is 0 Å². The normalized spacial score (nSPS) is 16.5. The second-order valence-corrected chi connectivity index (χ2v) is 7.28. The van der Waals surface area contributed by atoms with Gasteiger partial charge in [0.1, 0.15) is 0 Å². The van der Waals surface area contributed by atoms with E-state index in [2.05, 4.69) is 15.5 Å². The zero-order valence-electron chi connectivity index (χ0n) is 15.8. The summed E-state index contributed by atoms with van der Waals surface area (Å²) in [5, 5.41) is 10.5. The predicted molar refractivity (Wildman–Crippen MR) is 96.9 cm³/mol. The molecule has 0 unspecified atom stereocenters. The van der Waals surface area contributed by atoms with E-state index >= 15 is 0 Å². The molecule has 1 aromatic carbocycles. The van der Waals surface area contributed by atoms with Crippen LogP contribution in [0.3, 0.4) is 0 Å². The summed E-state index contributed by atoms with van der Waals surface area (Å²) in [5.41, 5.74) is -1.07. The van der Waals surface area contributed by atoms with Crippen molar-refractivity contribution in [1.29, 1.82) is 0 Å². The molecule has 0 bridgehead atoms. The first-order valence-electron chi connectivity index (χ1n) is 9.25. The van der Waals surface area contributed by atoms with Crippen LogP contribution in [0.4, 0.5) is 18.9 Å². The van der Waals surface area contributed by atoms with Gasteiger partial charge in [-0.25, -0.2) is 0 Å². The van der Waals surface area contributed by atoms with Crippen LogP contribution in [0.15, 0.2) is 28.7 Å². The summed E-state index contributed by atoms with van der Waals surface area (Å²) >= 11 is 0. The third-order valence-corrected chi connectivity index (χ3v) is 4.76. The van der Waals surface area contributed by atoms with Crippen molar-refractivity contribution in [2.45, 2.75) is 44.7 Å². The van der Waals surface area contributed by atoms with Gasteiger partial charge in [-0.05, 0) is 38.1 Å². The molecule has 1 N–H and O–H groups in total. The summed E-state index contributed by atoms with van der Waals surface area (Å²) in [6, 6.07) is 4.98. The Morgan fingerprint density at radius 2 is 1.93 bits per heavy atom. The Bertz CT molecular complexity index is 812. The Kier molecular flexibility index (Phi) is 6.02. The van der Waals surface area contributed by atoms with Gasteiger partial charge in [-0.1, -0.05) is 26.0 Å². The van der Waals surface area contributed by atoms with E-state index in [1.807, 2.05) is 18.7 Å². The predicted octanol–water partition coefficient (Wildman–Crippen LogP) is 4.03. The fourth-order valence-electron chi connectivity index (χ4n) is 3.21. The molecule has 3 rings (SSSR count). The molecule has 152 valence electrons. The lowest BCUT2D eigenvalue weighted by molar-refractivity contribution is -0.137. The molecular weight excluding hydrogens is 373 g/mol. The van der Waals surface area contributed by atoms with E-state index < -0.39 is 17.6 Å². The molecule has 1 amide bonds. The van der Waals surface area contributed by atoms with Crippen molar-refractivity contribution in [3.63, 3.8) is 0 Å². The first kappa shape index (κ1) is 20.3. The van der Waals surface area contributed by atoms with Crippen LogP contribution in [-0.4, -0.2) is 40.6 Å². The van der Waals surface area contributed by atoms with Gasteiger partial charge in [-0.3, -0.25) is 9.69 Å². The molecule has 0 saturated carbocycles. The molecule has 0 radical (unpaired) electrons. The number of benzene rings is 1. The Labute approximate surface area is 161 Å². The van der Waals surface area contributed by atoms with E-state index in [1.54, 1.807) is 0 Å². The Morgan fingerprint density at radius 1 is 1.25 bits per heavy atom. The number of likely N-dealkylation sites (tertiary alicyclic amines) is 1. The molecule has 1 aliphatic rings. The number of hydrogen-bond donors (Lipinski definition) is 1. The molecule has 1 fully saturated rings. The van der Waals surface area contributed by atoms with Crippen LogP contribution in [0.1, 0.15) is 55.9 Å². The fourth-order valence-corrected chi connectivity index (χ4v) is 3.21. The maximum absolute atomic E-state index is 13.0. The van der Waals surface area contributed by atoms with E-state index in [0.29, 0.717) is 24.9 Å². The van der Waals surface area contributed by atoms with Crippen molar-refractivity contribution in [3.8, 4) is 0 Å². The number of hydrogen-bond acceptors (Lipinski definition) is 5. The number of nitrogens with zero attached hydrogens (tertiary/aromatic N) is 3. The number of rotatable bonds is 5. The van der Waals surface area contributed by atoms with E-state index in [1.165, 1.54) is 18.2 Å². The highest BCUT2D eigenvalue weighted by Gasteiger charge is 2.34. The average molecular weight is 396 g/mol. The van der Waals surface area contributed by atoms with E-state index in [0.717, 1.165) is 18.9 Å². The number of anilines is 1. The SMILES string of the molecule is CC(C)c1nnc(C2CCN(CC(=O)Nc3ccccc3C(F)(F)F)CC2)o1. The van der Waals surface area contributed by atoms with Crippen molar-refractivity contribution in [3.05, 3.63) is 41.6 Å². The molecule has 6 nitrogen and oxygen atoms in total. The smallest absolute Gasteiger partial charge is 0.418 e. The summed E-state index contributed by atoms with van der Waals surface area (Å²) < 4.78 is 44.8. The van der Waals surface area contributed by atoms with Gasteiger partial charge in [-0.15, -0.1) is 10.2 Å². The number of nitrogens with one attached hydrogen (secondary N) is 1. The Morgan fingerprint density at radius 3 is 2.54 bits per heavy atom. The molecule has 1 aliphatic heterocycles. The second-order valence-electron chi connectivity index (χ2n) is 7.28. The average Bonchev–Trinajstić information content (AvgIpc) is 3.12. The molecule has 0 spiro atoms. The molecule has 2 heterocycles. The van der Waals surface area contributed by atoms with Gasteiger partial charge >= 0.3 is 6.18 Å². The van der Waals surface area contributed by atoms with Crippen LogP contribution in [-0.2, 0) is 11.0 Å². The first-order chi connectivity index (χ1) is 13.2. The molecular formula is C19H23F3N4O2. The standard InChI is InChI=1S/C19H23F3N4O2/c1-12(2)17-24-25-18(28-17)13-7-9-26(10-8-13)11-16(27)23-15-6-4-3-5-14(15)19(20,21)22/h3-6,12-13H,7-11H2,1-2H3,(H,23,27). The zero-order chi connectivity index (χ0) is 20.3. The molecule has 1 aromatic heterocycles. The number of carbonyl (C=O) groups excluding carboxylic acids is 1. The van der Waals surface area contributed by atoms with Crippen molar-refractivity contribution in [1.82, 2.24) is 15.1 Å². The quantitative estimate of drug-likeness (QED) is 0.826. The van der Waals surface area contributed by atoms with Gasteiger partial charge < -0.3 is 9.73 Å². The zero-order valence-corrected chi connectivity index (χ0v) is 15.8. The summed E-state index contributed by atoms with van der Waals surface area (Å²) in [7, 11) is 0. The van der Waals surface area contributed by atoms with Gasteiger partial charge in [0.25, 0.3) is 0 Å². The lowest BCUT2D eigenvalue weighted by atomic mass is 9.97. The van der Waals surface area contributed by atoms with E-state index in [-0.39, 0.29) is 24.1 Å². The van der Waals surface area contributed by atoms with Crippen molar-refractivity contribution >= 4 is 11.6 Å². The number of amides is 1. The molecule has 2 aromatic rings. The third-order valence-electron chi connectivity index (χ3n) is 4.76. The number of para-hydroxylation sites is 1. The van der Waals surface area contributed by atoms with Crippen LogP contribution in [0.5, 0.6) is 0 Å². The number of alkyl halides is 3. The number of piperidine rings is 1. The number of aromatic nitrogens is 2. The maximum Gasteiger partial charge on any atom is 0.418 e. The summed E-state index contributed by atoms with van der Waals surface area (Å²) in [4.78, 5) is 14.1. The fraction of sp³-hybridized carbons (Fsp3) is 0.526. The molecule has 1 saturated heterocycles. The highest BCUT2D eigenvalue weighted by Crippen LogP contribution is 2.34. The Hall–Kier alpha value is -2.42. The summed E-state index contributed by atoms with van der Waals surface area (Å²) in [6.07, 6.45) is -3.00. The van der Waals surface area contributed by atoms with E-state index in [9.17, 15) is 18.0 Å². The molecule has 28 heavy (non-hydrogen) atoms. The molecule has 0 aliphatic carbocycles. The van der Waals surface area contributed by atoms with Gasteiger partial charge in [-0.2, -0.15) is 13.2 Å². The minimum atomic E-state index is -4.51. The van der Waals surface area contributed by atoms with Crippen LogP contribution in [0.2, 0.25) is 0 Å². The largest absolute Gasteiger partial charge is 0.425 e. The minimum Gasteiger partial charge on any atom is -0.425 e. The maximum atomic E-state index is 13.0. The Balaban J connectivity index is 1.53. The van der Waals surface area contributed by atoms with Gasteiger partial charge in [0.15, 0.2) is 0 Å². The molecule has 0 atom stereocenters. The lowest BCUT2D eigenvalue weighted by Crippen LogP contribution is -2.39.